The van der Waals surface area contributed by atoms with E-state index in [1.54, 1.807) is 0 Å². The zero-order chi connectivity index (χ0) is 22.9. The Hall–Kier alpha value is -3.09. The number of likely N-dealkylation sites (tertiary alicyclic amines) is 1. The molecule has 1 aliphatic rings. The number of anilines is 2. The average molecular weight is 469 g/mol. The molecule has 2 amide bonds. The largest absolute Gasteiger partial charge is 0.419 e. The Morgan fingerprint density at radius 1 is 1.28 bits per heavy atom. The van der Waals surface area contributed by atoms with Crippen LogP contribution in [0, 0.1) is 5.92 Å². The van der Waals surface area contributed by atoms with E-state index in [1.165, 1.54) is 28.2 Å². The number of urea groups is 1. The van der Waals surface area contributed by atoms with Gasteiger partial charge < -0.3 is 21.3 Å². The van der Waals surface area contributed by atoms with Crippen LogP contribution in [0.2, 0.25) is 0 Å². The zero-order valence-corrected chi connectivity index (χ0v) is 18.1. The highest BCUT2D eigenvalue weighted by Gasteiger charge is 2.34. The summed E-state index contributed by atoms with van der Waals surface area (Å²) in [5.41, 5.74) is 5.04. The first-order valence-electron chi connectivity index (χ1n) is 10.2. The van der Waals surface area contributed by atoms with Crippen LogP contribution >= 0.6 is 11.3 Å². The normalized spacial score (nSPS) is 15.3. The molecule has 0 atom stereocenters. The first-order chi connectivity index (χ1) is 15.3. The highest BCUT2D eigenvalue weighted by Crippen LogP contribution is 2.35. The molecule has 1 aliphatic heterocycles. The number of nitrogens with one attached hydrogen (secondary N) is 2. The molecular formula is C19H23F3N8OS. The summed E-state index contributed by atoms with van der Waals surface area (Å²) in [6, 6.07) is 0.930. The summed E-state index contributed by atoms with van der Waals surface area (Å²) >= 11 is 1.31. The molecule has 4 heterocycles. The number of nitrogen functional groups attached to an aromatic ring is 1. The van der Waals surface area contributed by atoms with Crippen molar-refractivity contribution in [3.8, 4) is 11.3 Å². The van der Waals surface area contributed by atoms with Crippen molar-refractivity contribution in [1.82, 2.24) is 29.8 Å². The maximum absolute atomic E-state index is 13.2. The maximum atomic E-state index is 13.2. The first kappa shape index (κ1) is 22.1. The number of carbonyl (C=O) groups excluding carboxylic acids is 1. The fourth-order valence-electron chi connectivity index (χ4n) is 3.64. The van der Waals surface area contributed by atoms with Gasteiger partial charge in [0.1, 0.15) is 5.82 Å². The Morgan fingerprint density at radius 2 is 2.03 bits per heavy atom. The molecule has 0 saturated carbocycles. The second-order valence-corrected chi connectivity index (χ2v) is 8.50. The molecule has 0 aromatic carbocycles. The average Bonchev–Trinajstić information content (AvgIpc) is 3.33. The summed E-state index contributed by atoms with van der Waals surface area (Å²) < 4.78 is 41.0. The van der Waals surface area contributed by atoms with Gasteiger partial charge in [0.25, 0.3) is 0 Å². The van der Waals surface area contributed by atoms with Crippen LogP contribution in [0.3, 0.4) is 0 Å². The zero-order valence-electron chi connectivity index (χ0n) is 17.3. The lowest BCUT2D eigenvalue weighted by molar-refractivity contribution is -0.137. The second kappa shape index (κ2) is 8.81. The van der Waals surface area contributed by atoms with Gasteiger partial charge in [-0.2, -0.15) is 13.2 Å². The van der Waals surface area contributed by atoms with Gasteiger partial charge in [-0.15, -0.1) is 5.10 Å². The SMILES string of the molecule is CCNC(=O)N1CCC(CNc2nn3c(-c4cnc(N)c(C(F)(F)F)c4)cnc3s2)CC1. The van der Waals surface area contributed by atoms with Crippen LogP contribution in [0.4, 0.5) is 28.9 Å². The Balaban J connectivity index is 1.43. The molecule has 0 aliphatic carbocycles. The number of alkyl halides is 3. The molecular weight excluding hydrogens is 445 g/mol. The van der Waals surface area contributed by atoms with Crippen LogP contribution in [-0.4, -0.2) is 56.7 Å². The Morgan fingerprint density at radius 3 is 2.72 bits per heavy atom. The van der Waals surface area contributed by atoms with Crippen molar-refractivity contribution in [2.45, 2.75) is 25.9 Å². The highest BCUT2D eigenvalue weighted by atomic mass is 32.1. The molecule has 32 heavy (non-hydrogen) atoms. The molecule has 0 unspecified atom stereocenters. The van der Waals surface area contributed by atoms with Crippen molar-refractivity contribution in [3.63, 3.8) is 0 Å². The Kier molecular flexibility index (Phi) is 6.09. The van der Waals surface area contributed by atoms with Gasteiger partial charge in [-0.25, -0.2) is 19.3 Å². The molecule has 0 bridgehead atoms. The number of nitrogens with zero attached hydrogens (tertiary/aromatic N) is 5. The second-order valence-electron chi connectivity index (χ2n) is 7.55. The van der Waals surface area contributed by atoms with Crippen LogP contribution < -0.4 is 16.4 Å². The van der Waals surface area contributed by atoms with E-state index in [9.17, 15) is 18.0 Å². The number of hydrogen-bond acceptors (Lipinski definition) is 7. The molecule has 172 valence electrons. The van der Waals surface area contributed by atoms with Crippen LogP contribution in [0.5, 0.6) is 0 Å². The van der Waals surface area contributed by atoms with Crippen molar-refractivity contribution < 1.29 is 18.0 Å². The van der Waals surface area contributed by atoms with E-state index in [1.807, 2.05) is 11.8 Å². The molecule has 3 aromatic heterocycles. The number of carbonyl (C=O) groups is 1. The fraction of sp³-hybridized carbons (Fsp3) is 0.474. The fourth-order valence-corrected chi connectivity index (χ4v) is 4.42. The predicted octanol–water partition coefficient (Wildman–Crippen LogP) is 3.31. The summed E-state index contributed by atoms with van der Waals surface area (Å²) in [6.45, 7) is 4.60. The molecule has 4 N–H and O–H groups in total. The van der Waals surface area contributed by atoms with Gasteiger partial charge in [-0.05, 0) is 31.7 Å². The van der Waals surface area contributed by atoms with Crippen molar-refractivity contribution >= 4 is 33.3 Å². The topological polar surface area (TPSA) is 113 Å². The van der Waals surface area contributed by atoms with E-state index < -0.39 is 17.6 Å². The van der Waals surface area contributed by atoms with E-state index in [-0.39, 0.29) is 11.6 Å². The van der Waals surface area contributed by atoms with Crippen LogP contribution in [-0.2, 0) is 6.18 Å². The smallest absolute Gasteiger partial charge is 0.383 e. The number of hydrogen-bond donors (Lipinski definition) is 3. The number of nitrogens with two attached hydrogens (primary N) is 1. The van der Waals surface area contributed by atoms with Gasteiger partial charge in [-0.1, -0.05) is 11.3 Å². The third-order valence-corrected chi connectivity index (χ3v) is 6.26. The molecule has 3 aromatic rings. The molecule has 1 saturated heterocycles. The number of aromatic nitrogens is 4. The van der Waals surface area contributed by atoms with Gasteiger partial charge in [0, 0.05) is 37.9 Å². The lowest BCUT2D eigenvalue weighted by atomic mass is 9.97. The van der Waals surface area contributed by atoms with Crippen molar-refractivity contribution in [3.05, 3.63) is 24.0 Å². The Labute approximate surface area is 185 Å². The minimum absolute atomic E-state index is 0.0292. The van der Waals surface area contributed by atoms with Crippen LogP contribution in [0.15, 0.2) is 18.5 Å². The molecule has 13 heteroatoms. The van der Waals surface area contributed by atoms with E-state index in [2.05, 4.69) is 25.7 Å². The van der Waals surface area contributed by atoms with E-state index in [4.69, 9.17) is 5.73 Å². The third-order valence-electron chi connectivity index (χ3n) is 5.38. The summed E-state index contributed by atoms with van der Waals surface area (Å²) in [7, 11) is 0. The number of pyridine rings is 1. The van der Waals surface area contributed by atoms with Gasteiger partial charge in [-0.3, -0.25) is 0 Å². The van der Waals surface area contributed by atoms with Gasteiger partial charge in [0.15, 0.2) is 0 Å². The molecule has 4 rings (SSSR count). The third kappa shape index (κ3) is 4.56. The van der Waals surface area contributed by atoms with Gasteiger partial charge >= 0.3 is 12.2 Å². The maximum Gasteiger partial charge on any atom is 0.419 e. The molecule has 0 radical (unpaired) electrons. The summed E-state index contributed by atoms with van der Waals surface area (Å²) in [4.78, 5) is 22.2. The van der Waals surface area contributed by atoms with Crippen molar-refractivity contribution in [2.24, 2.45) is 5.92 Å². The summed E-state index contributed by atoms with van der Waals surface area (Å²) in [5, 5.41) is 11.2. The minimum Gasteiger partial charge on any atom is -0.383 e. The predicted molar refractivity (Wildman–Crippen MR) is 115 cm³/mol. The van der Waals surface area contributed by atoms with Gasteiger partial charge in [0.05, 0.1) is 17.5 Å². The number of piperidine rings is 1. The number of amides is 2. The highest BCUT2D eigenvalue weighted by molar-refractivity contribution is 7.20. The molecule has 1 fully saturated rings. The summed E-state index contributed by atoms with van der Waals surface area (Å²) in [6.07, 6.45) is -0.0844. The van der Waals surface area contributed by atoms with E-state index >= 15 is 0 Å². The number of fused-ring (bicyclic) bond motifs is 1. The van der Waals surface area contributed by atoms with Crippen LogP contribution in [0.25, 0.3) is 16.2 Å². The van der Waals surface area contributed by atoms with E-state index in [0.717, 1.165) is 18.9 Å². The lowest BCUT2D eigenvalue weighted by Crippen LogP contribution is -2.45. The van der Waals surface area contributed by atoms with Crippen LogP contribution in [0.1, 0.15) is 25.3 Å². The number of rotatable bonds is 5. The molecule has 0 spiro atoms. The lowest BCUT2D eigenvalue weighted by Gasteiger charge is -2.31. The quantitative estimate of drug-likeness (QED) is 0.530. The number of halogens is 3. The Bertz CT molecular complexity index is 1100. The van der Waals surface area contributed by atoms with E-state index in [0.29, 0.717) is 47.9 Å². The van der Waals surface area contributed by atoms with Crippen molar-refractivity contribution in [2.75, 3.05) is 37.2 Å². The first-order valence-corrected chi connectivity index (χ1v) is 11.0. The van der Waals surface area contributed by atoms with Crippen molar-refractivity contribution in [1.29, 1.82) is 0 Å². The minimum atomic E-state index is -4.60. The molecule has 9 nitrogen and oxygen atoms in total. The standard InChI is InChI=1S/C19H23F3N8OS/c1-2-24-17(31)29-5-3-11(4-6-29)8-26-16-28-30-14(10-27-18(30)32-16)12-7-13(19(20,21)22)15(23)25-9-12/h7,9-11H,2-6,8H2,1H3,(H2,23,25)(H,24,31)(H,26,28). The van der Waals surface area contributed by atoms with Gasteiger partial charge in [0.2, 0.25) is 10.1 Å². The number of imidazole rings is 1. The monoisotopic (exact) mass is 468 g/mol. The summed E-state index contributed by atoms with van der Waals surface area (Å²) in [5.74, 6) is -0.173.